The Morgan fingerprint density at radius 3 is 2.26 bits per heavy atom. The van der Waals surface area contributed by atoms with Crippen molar-refractivity contribution in [3.05, 3.63) is 34.5 Å². The second kappa shape index (κ2) is 13.4. The second-order valence-electron chi connectivity index (χ2n) is 10.4. The molecule has 232 valence electrons. The molecule has 1 unspecified atom stereocenters. The first-order valence-electron chi connectivity index (χ1n) is 14.2. The van der Waals surface area contributed by atoms with Gasteiger partial charge in [0, 0.05) is 43.0 Å². The largest absolute Gasteiger partial charge is 0.478 e. The number of ether oxygens (including phenoxy) is 3. The summed E-state index contributed by atoms with van der Waals surface area (Å²) in [4.78, 5) is 71.7. The predicted octanol–water partition coefficient (Wildman–Crippen LogP) is 3.10. The van der Waals surface area contributed by atoms with Crippen LogP contribution in [0.3, 0.4) is 0 Å². The van der Waals surface area contributed by atoms with E-state index in [4.69, 9.17) is 31.5 Å². The van der Waals surface area contributed by atoms with Crippen LogP contribution in [-0.4, -0.2) is 94.7 Å². The number of nitrogens with two attached hydrogens (primary N) is 1. The molecule has 0 spiro atoms. The number of esters is 1. The van der Waals surface area contributed by atoms with Crippen molar-refractivity contribution in [3.63, 3.8) is 0 Å². The molecular weight excluding hydrogens is 584 g/mol. The van der Waals surface area contributed by atoms with Gasteiger partial charge in [0.05, 0.1) is 30.3 Å². The number of amides is 3. The van der Waals surface area contributed by atoms with Gasteiger partial charge in [-0.1, -0.05) is 11.6 Å². The lowest BCUT2D eigenvalue weighted by atomic mass is 9.80. The molecule has 1 aliphatic carbocycles. The first kappa shape index (κ1) is 31.8. The number of hydrogen-bond acceptors (Lipinski definition) is 9. The van der Waals surface area contributed by atoms with Gasteiger partial charge < -0.3 is 34.9 Å². The van der Waals surface area contributed by atoms with Crippen LogP contribution in [-0.2, 0) is 23.9 Å². The lowest BCUT2D eigenvalue weighted by Crippen LogP contribution is -2.52. The number of carboxylic acid groups (broad SMARTS) is 1. The van der Waals surface area contributed by atoms with Gasteiger partial charge in [0.15, 0.2) is 0 Å². The minimum absolute atomic E-state index is 0.0563. The molecule has 3 amide bonds. The summed E-state index contributed by atoms with van der Waals surface area (Å²) in [5.41, 5.74) is 4.26. The smallest absolute Gasteiger partial charge is 0.409 e. The number of carboxylic acids is 1. The van der Waals surface area contributed by atoms with Crippen molar-refractivity contribution in [2.75, 3.05) is 39.4 Å². The molecule has 14 heteroatoms. The summed E-state index contributed by atoms with van der Waals surface area (Å²) < 4.78 is 16.3. The SMILES string of the molecule is CCOC(=O)CCC(C(=O)N1CCN(C(=O)OCC)CC1)c1nc2cc(Cl)ccc2c(OC2(C(=O)O)CCC2)c1C(N)=O. The summed E-state index contributed by atoms with van der Waals surface area (Å²) in [7, 11) is 0. The fraction of sp³-hybridized carbons (Fsp3) is 0.517. The Bertz CT molecular complexity index is 1420. The van der Waals surface area contributed by atoms with Crippen molar-refractivity contribution in [1.29, 1.82) is 0 Å². The Morgan fingerprint density at radius 2 is 1.70 bits per heavy atom. The number of hydrogen-bond donors (Lipinski definition) is 2. The molecule has 1 saturated heterocycles. The molecule has 1 aliphatic heterocycles. The predicted molar refractivity (Wildman–Crippen MR) is 154 cm³/mol. The minimum atomic E-state index is -1.58. The highest BCUT2D eigenvalue weighted by Gasteiger charge is 2.48. The fourth-order valence-corrected chi connectivity index (χ4v) is 5.46. The quantitative estimate of drug-likeness (QED) is 0.355. The second-order valence-corrected chi connectivity index (χ2v) is 10.8. The molecule has 1 saturated carbocycles. The Kier molecular flexibility index (Phi) is 9.95. The van der Waals surface area contributed by atoms with Gasteiger partial charge in [-0.15, -0.1) is 0 Å². The number of carbonyl (C=O) groups excluding carboxylic acids is 4. The Morgan fingerprint density at radius 1 is 1.05 bits per heavy atom. The van der Waals surface area contributed by atoms with E-state index in [1.165, 1.54) is 15.9 Å². The van der Waals surface area contributed by atoms with E-state index in [2.05, 4.69) is 4.98 Å². The normalized spacial score (nSPS) is 16.6. The number of carbonyl (C=O) groups is 5. The maximum Gasteiger partial charge on any atom is 0.409 e. The van der Waals surface area contributed by atoms with E-state index in [9.17, 15) is 29.1 Å². The summed E-state index contributed by atoms with van der Waals surface area (Å²) in [5.74, 6) is -4.43. The Balaban J connectivity index is 1.81. The van der Waals surface area contributed by atoms with Gasteiger partial charge in [-0.3, -0.25) is 19.4 Å². The lowest BCUT2D eigenvalue weighted by Gasteiger charge is -2.39. The number of fused-ring (bicyclic) bond motifs is 1. The van der Waals surface area contributed by atoms with E-state index in [-0.39, 0.29) is 87.6 Å². The molecule has 2 fully saturated rings. The Hall–Kier alpha value is -4.13. The van der Waals surface area contributed by atoms with Crippen LogP contribution >= 0.6 is 11.6 Å². The monoisotopic (exact) mass is 618 g/mol. The van der Waals surface area contributed by atoms with Crippen LogP contribution in [0.2, 0.25) is 5.02 Å². The zero-order chi connectivity index (χ0) is 31.3. The average Bonchev–Trinajstić information content (AvgIpc) is 2.94. The number of aliphatic carboxylic acids is 1. The molecule has 0 radical (unpaired) electrons. The molecule has 4 rings (SSSR count). The maximum absolute atomic E-state index is 14.1. The highest BCUT2D eigenvalue weighted by molar-refractivity contribution is 6.31. The fourth-order valence-electron chi connectivity index (χ4n) is 5.29. The zero-order valence-electron chi connectivity index (χ0n) is 24.1. The minimum Gasteiger partial charge on any atom is -0.478 e. The highest BCUT2D eigenvalue weighted by Crippen LogP contribution is 2.43. The van der Waals surface area contributed by atoms with Crippen LogP contribution in [0.5, 0.6) is 5.75 Å². The maximum atomic E-state index is 14.1. The number of benzene rings is 1. The number of rotatable bonds is 11. The number of aromatic nitrogens is 1. The molecular formula is C29H35ClN4O9. The summed E-state index contributed by atoms with van der Waals surface area (Å²) in [6.07, 6.45) is 0.293. The van der Waals surface area contributed by atoms with Gasteiger partial charge in [0.25, 0.3) is 5.91 Å². The molecule has 2 aliphatic rings. The summed E-state index contributed by atoms with van der Waals surface area (Å²) in [6, 6.07) is 4.61. The number of piperazine rings is 1. The number of halogens is 1. The first-order valence-corrected chi connectivity index (χ1v) is 14.6. The topological polar surface area (TPSA) is 179 Å². The lowest BCUT2D eigenvalue weighted by molar-refractivity contribution is -0.163. The van der Waals surface area contributed by atoms with Crippen LogP contribution in [0.1, 0.15) is 67.9 Å². The highest BCUT2D eigenvalue weighted by atomic mass is 35.5. The van der Waals surface area contributed by atoms with Crippen LogP contribution in [0.4, 0.5) is 4.79 Å². The third-order valence-electron chi connectivity index (χ3n) is 7.71. The van der Waals surface area contributed by atoms with Gasteiger partial charge in [0.1, 0.15) is 11.3 Å². The number of primary amides is 1. The van der Waals surface area contributed by atoms with Crippen molar-refractivity contribution in [2.24, 2.45) is 5.73 Å². The van der Waals surface area contributed by atoms with Gasteiger partial charge >= 0.3 is 18.0 Å². The van der Waals surface area contributed by atoms with Crippen LogP contribution in [0.25, 0.3) is 10.9 Å². The molecule has 1 aromatic carbocycles. The summed E-state index contributed by atoms with van der Waals surface area (Å²) >= 11 is 6.27. The standard InChI is InChI=1S/C29H35ClN4O9/c1-3-41-21(35)9-8-19(26(37)33-12-14-34(15-13-33)28(40)42-4-2)23-22(25(31)36)24(43-29(27(38)39)10-5-11-29)18-7-6-17(30)16-20(18)32-23/h6-7,16,19H,3-5,8-15H2,1-2H3,(H2,31,36)(H,38,39). The van der Waals surface area contributed by atoms with Gasteiger partial charge in [-0.2, -0.15) is 0 Å². The first-order chi connectivity index (χ1) is 20.5. The van der Waals surface area contributed by atoms with Crippen molar-refractivity contribution < 1.29 is 43.3 Å². The molecule has 0 bridgehead atoms. The molecule has 2 heterocycles. The van der Waals surface area contributed by atoms with E-state index in [1.54, 1.807) is 26.0 Å². The van der Waals surface area contributed by atoms with Gasteiger partial charge in [-0.05, 0) is 57.7 Å². The molecule has 3 N–H and O–H groups in total. The van der Waals surface area contributed by atoms with Crippen LogP contribution < -0.4 is 10.5 Å². The van der Waals surface area contributed by atoms with Gasteiger partial charge in [-0.25, -0.2) is 9.59 Å². The molecule has 43 heavy (non-hydrogen) atoms. The van der Waals surface area contributed by atoms with Crippen molar-refractivity contribution in [2.45, 2.75) is 57.5 Å². The third kappa shape index (κ3) is 6.76. The molecule has 1 aromatic heterocycles. The Labute approximate surface area is 253 Å². The van der Waals surface area contributed by atoms with Crippen molar-refractivity contribution in [1.82, 2.24) is 14.8 Å². The molecule has 2 aromatic rings. The average molecular weight is 619 g/mol. The zero-order valence-corrected chi connectivity index (χ0v) is 24.9. The molecule has 1 atom stereocenters. The van der Waals surface area contributed by atoms with Crippen LogP contribution in [0.15, 0.2) is 18.2 Å². The summed E-state index contributed by atoms with van der Waals surface area (Å²) in [6.45, 7) is 4.49. The molecule has 13 nitrogen and oxygen atoms in total. The number of nitrogens with zero attached hydrogens (tertiary/aromatic N) is 3. The third-order valence-corrected chi connectivity index (χ3v) is 7.95. The van der Waals surface area contributed by atoms with Crippen molar-refractivity contribution in [3.8, 4) is 5.75 Å². The van der Waals surface area contributed by atoms with E-state index in [0.717, 1.165) is 0 Å². The van der Waals surface area contributed by atoms with Gasteiger partial charge in [0.2, 0.25) is 11.5 Å². The van der Waals surface area contributed by atoms with E-state index < -0.39 is 41.4 Å². The van der Waals surface area contributed by atoms with E-state index in [1.807, 2.05) is 0 Å². The van der Waals surface area contributed by atoms with Crippen LogP contribution in [0, 0.1) is 0 Å². The van der Waals surface area contributed by atoms with Crippen molar-refractivity contribution >= 4 is 52.4 Å². The number of pyridine rings is 1. The van der Waals surface area contributed by atoms with E-state index in [0.29, 0.717) is 16.8 Å². The summed E-state index contributed by atoms with van der Waals surface area (Å²) in [5, 5.41) is 10.6. The van der Waals surface area contributed by atoms with E-state index >= 15 is 0 Å².